The van der Waals surface area contributed by atoms with Crippen molar-refractivity contribution in [2.75, 3.05) is 31.1 Å². The Kier molecular flexibility index (Phi) is 9.20. The fraction of sp³-hybridized carbons (Fsp3) is 0.393. The predicted octanol–water partition coefficient (Wildman–Crippen LogP) is -2.49. The van der Waals surface area contributed by atoms with Gasteiger partial charge >= 0.3 is 23.8 Å². The van der Waals surface area contributed by atoms with Crippen LogP contribution in [0.15, 0.2) is 34.6 Å². The summed E-state index contributed by atoms with van der Waals surface area (Å²) in [6.45, 7) is 3.46. The van der Waals surface area contributed by atoms with Gasteiger partial charge in [0, 0.05) is 43.8 Å². The highest BCUT2D eigenvalue weighted by molar-refractivity contribution is 8.01. The highest BCUT2D eigenvalue weighted by Crippen LogP contribution is 2.46. The number of rotatable bonds is 11. The average molecular weight is 742 g/mol. The van der Waals surface area contributed by atoms with E-state index in [0.29, 0.717) is 32.5 Å². The highest BCUT2D eigenvalue weighted by atomic mass is 32.2. The third-order valence-corrected chi connectivity index (χ3v) is 11.1. The first kappa shape index (κ1) is 35.3. The molecular formula is C28H31N13O8S2. The van der Waals surface area contributed by atoms with Crippen molar-refractivity contribution in [3.63, 3.8) is 0 Å². The first-order valence-corrected chi connectivity index (χ1v) is 17.3. The van der Waals surface area contributed by atoms with E-state index in [1.165, 1.54) is 21.7 Å². The molecular weight excluding hydrogens is 711 g/mol. The zero-order valence-electron chi connectivity index (χ0n) is 27.2. The van der Waals surface area contributed by atoms with Crippen LogP contribution in [-0.2, 0) is 41.5 Å². The maximum atomic E-state index is 14.4. The summed E-state index contributed by atoms with van der Waals surface area (Å²) >= 11 is 2.22. The van der Waals surface area contributed by atoms with Crippen molar-refractivity contribution in [2.45, 2.75) is 35.7 Å². The molecule has 268 valence electrons. The minimum atomic E-state index is -2.54. The lowest BCUT2D eigenvalue weighted by Crippen LogP contribution is -2.86. The lowest BCUT2D eigenvalue weighted by atomic mass is 9.92. The van der Waals surface area contributed by atoms with Crippen molar-refractivity contribution >= 4 is 76.6 Å². The first-order chi connectivity index (χ1) is 24.2. The molecule has 7 amide bonds. The van der Waals surface area contributed by atoms with E-state index < -0.39 is 52.3 Å². The van der Waals surface area contributed by atoms with Gasteiger partial charge in [0.15, 0.2) is 5.66 Å². The van der Waals surface area contributed by atoms with Gasteiger partial charge in [-0.1, -0.05) is 17.8 Å². The van der Waals surface area contributed by atoms with E-state index in [2.05, 4.69) is 41.4 Å². The number of amides is 7. The fourth-order valence-corrected chi connectivity index (χ4v) is 8.34. The number of hydrogen-bond acceptors (Lipinski definition) is 14. The number of urea groups is 1. The maximum Gasteiger partial charge on any atom is 0.352 e. The number of aromatic nitrogens is 6. The first-order valence-electron chi connectivity index (χ1n) is 15.2. The minimum absolute atomic E-state index is 0.0387. The van der Waals surface area contributed by atoms with E-state index in [1.807, 2.05) is 0 Å². The number of β-lactam (4-membered cyclic amide) rings is 1. The number of nitrogens with one attached hydrogen (secondary N) is 4. The minimum Gasteiger partial charge on any atom is -0.477 e. The standard InChI is InChI=1S/C28H31N13O8S2/c1-4-39-7-8-40(20(44)19(39)43)25(49)34-27(29,15-5-6-16-17(9-15)32-13(2)31-16)22(47)33-28(30-12-42)23(48)41-18(21(45)46)14(10-50-24(28)41)11-51-26-35-36-37-38(26)3/h5-6,9,12,24H,4,7-8,10-11,29H2,1-3H3,(H,30,42)(H,31,32)(H,33,47)(H,34,49)(H,45,46)/t24-,27?,28+/m0/s1. The number of hydrogen-bond donors (Lipinski definition) is 6. The molecule has 3 aliphatic heterocycles. The summed E-state index contributed by atoms with van der Waals surface area (Å²) < 4.78 is 1.40. The molecule has 7 N–H and O–H groups in total. The number of carbonyl (C=O) groups is 7. The van der Waals surface area contributed by atoms with Gasteiger partial charge in [-0.25, -0.2) is 19.3 Å². The molecule has 0 radical (unpaired) electrons. The zero-order valence-corrected chi connectivity index (χ0v) is 28.8. The highest BCUT2D eigenvalue weighted by Gasteiger charge is 2.67. The molecule has 2 fully saturated rings. The molecule has 51 heavy (non-hydrogen) atoms. The lowest BCUT2D eigenvalue weighted by Gasteiger charge is -2.57. The summed E-state index contributed by atoms with van der Waals surface area (Å²) in [6, 6.07) is 3.19. The third-order valence-electron chi connectivity index (χ3n) is 8.56. The number of carboxylic acid groups (broad SMARTS) is 1. The number of carbonyl (C=O) groups excluding carboxylic acids is 6. The number of tetrazole rings is 1. The number of carboxylic acids is 1. The Hall–Kier alpha value is -5.55. The Morgan fingerprint density at radius 2 is 2.00 bits per heavy atom. The molecule has 0 saturated carbocycles. The summed E-state index contributed by atoms with van der Waals surface area (Å²) in [5.74, 6) is -4.97. The quantitative estimate of drug-likeness (QED) is 0.0390. The second-order valence-corrected chi connectivity index (χ2v) is 13.6. The predicted molar refractivity (Wildman–Crippen MR) is 177 cm³/mol. The number of likely N-dealkylation sites (N-methyl/N-ethyl adjacent to an activating group) is 1. The second-order valence-electron chi connectivity index (χ2n) is 11.6. The largest absolute Gasteiger partial charge is 0.477 e. The number of nitrogens with zero attached hydrogens (tertiary/aromatic N) is 8. The molecule has 23 heteroatoms. The normalized spacial score (nSPS) is 21.6. The molecule has 0 spiro atoms. The number of thioether (sulfide) groups is 2. The molecule has 1 unspecified atom stereocenters. The van der Waals surface area contributed by atoms with Crippen molar-refractivity contribution in [2.24, 2.45) is 12.8 Å². The summed E-state index contributed by atoms with van der Waals surface area (Å²) in [4.78, 5) is 102. The zero-order chi connectivity index (χ0) is 36.8. The van der Waals surface area contributed by atoms with Crippen molar-refractivity contribution in [3.8, 4) is 0 Å². The fourth-order valence-electron chi connectivity index (χ4n) is 5.93. The van der Waals surface area contributed by atoms with Gasteiger partial charge in [-0.05, 0) is 42.0 Å². The third kappa shape index (κ3) is 5.91. The number of H-pyrrole nitrogens is 1. The molecule has 0 bridgehead atoms. The molecule has 2 aromatic heterocycles. The maximum absolute atomic E-state index is 14.4. The van der Waals surface area contributed by atoms with Gasteiger partial charge in [-0.2, -0.15) is 0 Å². The van der Waals surface area contributed by atoms with E-state index in [9.17, 15) is 38.7 Å². The van der Waals surface area contributed by atoms with Gasteiger partial charge < -0.3 is 30.9 Å². The van der Waals surface area contributed by atoms with E-state index >= 15 is 0 Å². The molecule has 2 saturated heterocycles. The number of benzene rings is 1. The number of nitrogens with two attached hydrogens (primary N) is 1. The molecule has 5 heterocycles. The van der Waals surface area contributed by atoms with Crippen LogP contribution >= 0.6 is 23.5 Å². The molecule has 1 aromatic carbocycles. The molecule has 0 aliphatic carbocycles. The lowest BCUT2D eigenvalue weighted by molar-refractivity contribution is -0.163. The summed E-state index contributed by atoms with van der Waals surface area (Å²) in [5, 5.41) is 27.7. The average Bonchev–Trinajstić information content (AvgIpc) is 3.70. The van der Waals surface area contributed by atoms with Crippen LogP contribution in [0.5, 0.6) is 0 Å². The van der Waals surface area contributed by atoms with Crippen LogP contribution in [-0.4, -0.2) is 134 Å². The number of fused-ring (bicyclic) bond motifs is 2. The van der Waals surface area contributed by atoms with Crippen LogP contribution in [0.3, 0.4) is 0 Å². The Morgan fingerprint density at radius 3 is 2.67 bits per heavy atom. The summed E-state index contributed by atoms with van der Waals surface area (Å²) in [6.07, 6.45) is 0.166. The van der Waals surface area contributed by atoms with E-state index in [1.54, 1.807) is 27.0 Å². The van der Waals surface area contributed by atoms with Gasteiger partial charge in [-0.15, -0.1) is 16.9 Å². The van der Waals surface area contributed by atoms with Crippen LogP contribution in [0.25, 0.3) is 11.0 Å². The molecule has 21 nitrogen and oxygen atoms in total. The Bertz CT molecular complexity index is 2030. The van der Waals surface area contributed by atoms with Gasteiger partial charge in [0.25, 0.3) is 11.8 Å². The van der Waals surface area contributed by atoms with E-state index in [-0.39, 0.29) is 48.8 Å². The van der Waals surface area contributed by atoms with Gasteiger partial charge in [0.05, 0.1) is 11.0 Å². The number of aliphatic carboxylic acids is 1. The molecule has 3 aliphatic rings. The van der Waals surface area contributed by atoms with Gasteiger partial charge in [0.1, 0.15) is 16.9 Å². The topological polar surface area (TPSA) is 284 Å². The van der Waals surface area contributed by atoms with Crippen LogP contribution < -0.4 is 21.7 Å². The Balaban J connectivity index is 1.33. The number of aryl methyl sites for hydroxylation is 2. The van der Waals surface area contributed by atoms with E-state index in [4.69, 9.17) is 5.73 Å². The smallest absolute Gasteiger partial charge is 0.352 e. The van der Waals surface area contributed by atoms with Crippen LogP contribution in [0.2, 0.25) is 0 Å². The van der Waals surface area contributed by atoms with Crippen molar-refractivity contribution in [3.05, 3.63) is 40.9 Å². The monoisotopic (exact) mass is 741 g/mol. The van der Waals surface area contributed by atoms with Gasteiger partial charge in [-0.3, -0.25) is 39.5 Å². The second kappa shape index (κ2) is 13.3. The summed E-state index contributed by atoms with van der Waals surface area (Å²) in [7, 11) is 1.61. The number of aromatic amines is 1. The summed E-state index contributed by atoms with van der Waals surface area (Å²) in [5.41, 5.74) is 2.86. The van der Waals surface area contributed by atoms with Crippen LogP contribution in [0, 0.1) is 6.92 Å². The van der Waals surface area contributed by atoms with Crippen LogP contribution in [0.1, 0.15) is 18.3 Å². The van der Waals surface area contributed by atoms with E-state index in [0.717, 1.165) is 28.4 Å². The molecule has 3 aromatic rings. The van der Waals surface area contributed by atoms with Crippen molar-refractivity contribution in [1.82, 2.24) is 60.8 Å². The number of imidazole rings is 1. The Labute approximate surface area is 296 Å². The number of piperazine rings is 1. The SMILES string of the molecule is CCN1CCN(C(=O)NC(N)(C(=O)N[C@]2(NC=O)C(=O)N3C(C(=O)O)=C(CSc4nnnn4C)CS[C@H]32)c2ccc3[nH]c(C)nc3c2)C(=O)C1=O. The van der Waals surface area contributed by atoms with Gasteiger partial charge in [0.2, 0.25) is 17.2 Å². The Morgan fingerprint density at radius 1 is 1.24 bits per heavy atom. The van der Waals surface area contributed by atoms with Crippen molar-refractivity contribution < 1.29 is 38.7 Å². The number of imide groups is 1. The molecule has 6 rings (SSSR count). The van der Waals surface area contributed by atoms with Crippen molar-refractivity contribution in [1.29, 1.82) is 0 Å². The molecule has 3 atom stereocenters. The van der Waals surface area contributed by atoms with Crippen LogP contribution in [0.4, 0.5) is 4.79 Å².